The summed E-state index contributed by atoms with van der Waals surface area (Å²) in [5.74, 6) is 0.251. The van der Waals surface area contributed by atoms with E-state index in [1.165, 1.54) is 13.2 Å². The summed E-state index contributed by atoms with van der Waals surface area (Å²) in [4.78, 5) is 16.5. The van der Waals surface area contributed by atoms with Crippen LogP contribution in [0.3, 0.4) is 0 Å². The second-order valence-corrected chi connectivity index (χ2v) is 5.11. The summed E-state index contributed by atoms with van der Waals surface area (Å²) in [5.41, 5.74) is 2.20. The van der Waals surface area contributed by atoms with Crippen molar-refractivity contribution < 1.29 is 14.6 Å². The number of amides is 1. The minimum atomic E-state index is -0.199. The molecule has 1 amide bonds. The van der Waals surface area contributed by atoms with E-state index in [2.05, 4.69) is 10.3 Å². The molecule has 0 saturated carbocycles. The van der Waals surface area contributed by atoms with E-state index in [4.69, 9.17) is 4.74 Å². The lowest BCUT2D eigenvalue weighted by molar-refractivity contribution is 0.0950. The van der Waals surface area contributed by atoms with Crippen LogP contribution in [-0.2, 0) is 6.54 Å². The molecular formula is C18H16N2O3. The van der Waals surface area contributed by atoms with E-state index in [1.54, 1.807) is 18.3 Å². The molecule has 0 aliphatic heterocycles. The Hall–Kier alpha value is -3.08. The third-order valence-corrected chi connectivity index (χ3v) is 3.55. The Morgan fingerprint density at radius 1 is 1.22 bits per heavy atom. The van der Waals surface area contributed by atoms with Crippen LogP contribution in [0.15, 0.2) is 54.7 Å². The maximum absolute atomic E-state index is 12.3. The van der Waals surface area contributed by atoms with Gasteiger partial charge >= 0.3 is 0 Å². The number of pyridine rings is 1. The van der Waals surface area contributed by atoms with Gasteiger partial charge in [-0.3, -0.25) is 9.78 Å². The molecule has 2 N–H and O–H groups in total. The molecule has 3 aromatic rings. The number of rotatable bonds is 4. The Bertz CT molecular complexity index is 862. The van der Waals surface area contributed by atoms with Crippen LogP contribution < -0.4 is 10.1 Å². The Kier molecular flexibility index (Phi) is 4.10. The third kappa shape index (κ3) is 3.23. The lowest BCUT2D eigenvalue weighted by atomic mass is 10.1. The van der Waals surface area contributed by atoms with Gasteiger partial charge in [0.15, 0.2) is 11.5 Å². The van der Waals surface area contributed by atoms with Gasteiger partial charge in [0.05, 0.1) is 18.2 Å². The molecule has 3 rings (SSSR count). The number of phenolic OH excluding ortho intramolecular Hbond substituents is 1. The zero-order valence-electron chi connectivity index (χ0n) is 12.6. The summed E-state index contributed by atoms with van der Waals surface area (Å²) in [6.45, 7) is 0.336. The van der Waals surface area contributed by atoms with E-state index >= 15 is 0 Å². The van der Waals surface area contributed by atoms with Crippen molar-refractivity contribution in [2.45, 2.75) is 6.54 Å². The van der Waals surface area contributed by atoms with Crippen molar-refractivity contribution in [3.8, 4) is 11.5 Å². The van der Waals surface area contributed by atoms with Crippen molar-refractivity contribution in [2.24, 2.45) is 0 Å². The smallest absolute Gasteiger partial charge is 0.253 e. The van der Waals surface area contributed by atoms with Crippen LogP contribution in [0.25, 0.3) is 10.9 Å². The molecule has 0 unspecified atom stereocenters. The predicted octanol–water partition coefficient (Wildman–Crippen LogP) is 2.88. The first-order chi connectivity index (χ1) is 11.2. The van der Waals surface area contributed by atoms with Crippen molar-refractivity contribution in [2.75, 3.05) is 7.11 Å². The van der Waals surface area contributed by atoms with Gasteiger partial charge in [-0.25, -0.2) is 0 Å². The van der Waals surface area contributed by atoms with E-state index in [0.29, 0.717) is 17.9 Å². The maximum Gasteiger partial charge on any atom is 0.253 e. The van der Waals surface area contributed by atoms with Gasteiger partial charge in [-0.05, 0) is 29.8 Å². The van der Waals surface area contributed by atoms with Gasteiger partial charge in [0.25, 0.3) is 5.91 Å². The number of nitrogens with zero attached hydrogens (tertiary/aromatic N) is 1. The topological polar surface area (TPSA) is 71.5 Å². The van der Waals surface area contributed by atoms with E-state index in [9.17, 15) is 9.90 Å². The zero-order chi connectivity index (χ0) is 16.2. The molecule has 0 bridgehead atoms. The first kappa shape index (κ1) is 14.8. The fraction of sp³-hybridized carbons (Fsp3) is 0.111. The Morgan fingerprint density at radius 3 is 2.87 bits per heavy atom. The van der Waals surface area contributed by atoms with Crippen LogP contribution in [0.4, 0.5) is 0 Å². The minimum Gasteiger partial charge on any atom is -0.504 e. The Labute approximate surface area is 133 Å². The average Bonchev–Trinajstić information content (AvgIpc) is 2.60. The molecule has 5 heteroatoms. The lowest BCUT2D eigenvalue weighted by Crippen LogP contribution is -2.22. The molecule has 0 fully saturated rings. The van der Waals surface area contributed by atoms with Gasteiger partial charge in [0, 0.05) is 18.1 Å². The maximum atomic E-state index is 12.3. The molecule has 1 aromatic heterocycles. The monoisotopic (exact) mass is 308 g/mol. The number of ether oxygens (including phenoxy) is 1. The number of benzene rings is 2. The molecule has 1 heterocycles. The standard InChI is InChI=1S/C18H16N2O3/c1-23-17-8-12(6-7-16(17)21)10-20-18(22)14-9-13-4-2-3-5-15(13)19-11-14/h2-9,11,21H,10H2,1H3,(H,20,22). The molecule has 0 saturated heterocycles. The molecule has 0 atom stereocenters. The summed E-state index contributed by atoms with van der Waals surface area (Å²) in [6, 6.07) is 14.4. The summed E-state index contributed by atoms with van der Waals surface area (Å²) >= 11 is 0. The van der Waals surface area contributed by atoms with Crippen molar-refractivity contribution >= 4 is 16.8 Å². The number of phenols is 1. The first-order valence-electron chi connectivity index (χ1n) is 7.16. The van der Waals surface area contributed by atoms with E-state index < -0.39 is 0 Å². The predicted molar refractivity (Wildman–Crippen MR) is 87.6 cm³/mol. The number of nitrogens with one attached hydrogen (secondary N) is 1. The number of aromatic hydroxyl groups is 1. The number of aromatic nitrogens is 1. The summed E-state index contributed by atoms with van der Waals surface area (Å²) in [5, 5.41) is 13.3. The van der Waals surface area contributed by atoms with Crippen LogP contribution >= 0.6 is 0 Å². The molecular weight excluding hydrogens is 292 g/mol. The van der Waals surface area contributed by atoms with Gasteiger partial charge in [-0.15, -0.1) is 0 Å². The van der Waals surface area contributed by atoms with Crippen LogP contribution in [0.5, 0.6) is 11.5 Å². The molecule has 23 heavy (non-hydrogen) atoms. The van der Waals surface area contributed by atoms with Crippen LogP contribution in [-0.4, -0.2) is 23.1 Å². The number of methoxy groups -OCH3 is 1. The summed E-state index contributed by atoms with van der Waals surface area (Å²) in [6.07, 6.45) is 1.56. The van der Waals surface area contributed by atoms with Crippen LogP contribution in [0, 0.1) is 0 Å². The molecule has 0 aliphatic rings. The number of carbonyl (C=O) groups excluding carboxylic acids is 1. The molecule has 0 spiro atoms. The summed E-state index contributed by atoms with van der Waals surface area (Å²) in [7, 11) is 1.48. The Morgan fingerprint density at radius 2 is 2.04 bits per heavy atom. The van der Waals surface area contributed by atoms with Gasteiger partial charge in [-0.2, -0.15) is 0 Å². The minimum absolute atomic E-state index is 0.0707. The molecule has 116 valence electrons. The van der Waals surface area contributed by atoms with Crippen molar-refractivity contribution in [1.82, 2.24) is 10.3 Å². The highest BCUT2D eigenvalue weighted by molar-refractivity contribution is 5.97. The molecule has 2 aromatic carbocycles. The van der Waals surface area contributed by atoms with Gasteiger partial charge in [0.1, 0.15) is 0 Å². The van der Waals surface area contributed by atoms with Crippen LogP contribution in [0.1, 0.15) is 15.9 Å². The van der Waals surface area contributed by atoms with Crippen molar-refractivity contribution in [3.05, 3.63) is 65.9 Å². The molecule has 0 aliphatic carbocycles. The van der Waals surface area contributed by atoms with Crippen molar-refractivity contribution in [1.29, 1.82) is 0 Å². The van der Waals surface area contributed by atoms with Gasteiger partial charge in [-0.1, -0.05) is 24.3 Å². The average molecular weight is 308 g/mol. The molecule has 5 nitrogen and oxygen atoms in total. The highest BCUT2D eigenvalue weighted by Crippen LogP contribution is 2.26. The number of hydrogen-bond donors (Lipinski definition) is 2. The third-order valence-electron chi connectivity index (χ3n) is 3.55. The zero-order valence-corrected chi connectivity index (χ0v) is 12.6. The number of para-hydroxylation sites is 1. The molecule has 0 radical (unpaired) electrons. The van der Waals surface area contributed by atoms with Crippen molar-refractivity contribution in [3.63, 3.8) is 0 Å². The van der Waals surface area contributed by atoms with E-state index in [-0.39, 0.29) is 11.7 Å². The fourth-order valence-electron chi connectivity index (χ4n) is 2.31. The second kappa shape index (κ2) is 6.36. The van der Waals surface area contributed by atoms with Gasteiger partial charge in [0.2, 0.25) is 0 Å². The van der Waals surface area contributed by atoms with Crippen LogP contribution in [0.2, 0.25) is 0 Å². The Balaban J connectivity index is 1.73. The number of fused-ring (bicyclic) bond motifs is 1. The van der Waals surface area contributed by atoms with E-state index in [1.807, 2.05) is 30.3 Å². The highest BCUT2D eigenvalue weighted by atomic mass is 16.5. The first-order valence-corrected chi connectivity index (χ1v) is 7.16. The highest BCUT2D eigenvalue weighted by Gasteiger charge is 2.08. The SMILES string of the molecule is COc1cc(CNC(=O)c2cnc3ccccc3c2)ccc1O. The van der Waals surface area contributed by atoms with Gasteiger partial charge < -0.3 is 15.2 Å². The lowest BCUT2D eigenvalue weighted by Gasteiger charge is -2.08. The van der Waals surface area contributed by atoms with E-state index in [0.717, 1.165) is 16.5 Å². The second-order valence-electron chi connectivity index (χ2n) is 5.11. The normalized spacial score (nSPS) is 10.5. The quantitative estimate of drug-likeness (QED) is 0.777. The fourth-order valence-corrected chi connectivity index (χ4v) is 2.31. The summed E-state index contributed by atoms with van der Waals surface area (Å²) < 4.78 is 5.05. The largest absolute Gasteiger partial charge is 0.504 e. The number of carbonyl (C=O) groups is 1. The number of hydrogen-bond acceptors (Lipinski definition) is 4.